The van der Waals surface area contributed by atoms with E-state index in [2.05, 4.69) is 19.9 Å². The third-order valence-electron chi connectivity index (χ3n) is 5.02. The second-order valence-corrected chi connectivity index (χ2v) is 6.92. The molecule has 2 N–H and O–H groups in total. The maximum Gasteiger partial charge on any atom is 0.133 e. The van der Waals surface area contributed by atoms with Crippen LogP contribution in [0.25, 0.3) is 5.57 Å². The molecule has 0 saturated carbocycles. The summed E-state index contributed by atoms with van der Waals surface area (Å²) in [6.07, 6.45) is 6.19. The molecule has 0 atom stereocenters. The van der Waals surface area contributed by atoms with Crippen LogP contribution in [-0.2, 0) is 6.42 Å². The first-order valence-corrected chi connectivity index (χ1v) is 8.06. The van der Waals surface area contributed by atoms with E-state index in [0.717, 1.165) is 35.2 Å². The minimum Gasteiger partial charge on any atom is -0.398 e. The van der Waals surface area contributed by atoms with Gasteiger partial charge in [0, 0.05) is 39.7 Å². The number of nitriles is 1. The van der Waals surface area contributed by atoms with Crippen LogP contribution in [0.15, 0.2) is 17.8 Å². The van der Waals surface area contributed by atoms with Gasteiger partial charge in [0.2, 0.25) is 0 Å². The van der Waals surface area contributed by atoms with E-state index in [1.54, 1.807) is 6.92 Å². The van der Waals surface area contributed by atoms with Gasteiger partial charge in [-0.3, -0.25) is 0 Å². The van der Waals surface area contributed by atoms with E-state index >= 15 is 0 Å². The predicted molar refractivity (Wildman–Crippen MR) is 92.4 cm³/mol. The number of hydrogen-bond acceptors (Lipinski definition) is 3. The van der Waals surface area contributed by atoms with Crippen molar-refractivity contribution < 1.29 is 4.39 Å². The van der Waals surface area contributed by atoms with E-state index in [0.29, 0.717) is 23.2 Å². The summed E-state index contributed by atoms with van der Waals surface area (Å²) in [4.78, 5) is 2.05. The number of nitrogen functional groups attached to an aromatic ring is 1. The Kier molecular flexibility index (Phi) is 3.48. The fourth-order valence-corrected chi connectivity index (χ4v) is 3.61. The van der Waals surface area contributed by atoms with Crippen molar-refractivity contribution in [1.82, 2.24) is 0 Å². The molecule has 2 heterocycles. The fourth-order valence-electron chi connectivity index (χ4n) is 3.61. The Morgan fingerprint density at radius 3 is 2.78 bits per heavy atom. The SMILES string of the molecule is CC/C=C1/C(C#N)=CN2c3c(c(F)c(C)c(N)c31)CCC2(C)C. The topological polar surface area (TPSA) is 53.0 Å². The summed E-state index contributed by atoms with van der Waals surface area (Å²) in [5, 5.41) is 9.60. The quantitative estimate of drug-likeness (QED) is 0.779. The van der Waals surface area contributed by atoms with Crippen molar-refractivity contribution in [2.45, 2.75) is 52.5 Å². The molecule has 120 valence electrons. The van der Waals surface area contributed by atoms with E-state index in [4.69, 9.17) is 5.73 Å². The maximum absolute atomic E-state index is 14.8. The van der Waals surface area contributed by atoms with Crippen molar-refractivity contribution in [2.24, 2.45) is 0 Å². The molecule has 3 nitrogen and oxygen atoms in total. The zero-order chi connectivity index (χ0) is 16.9. The van der Waals surface area contributed by atoms with E-state index in [1.807, 2.05) is 24.1 Å². The lowest BCUT2D eigenvalue weighted by molar-refractivity contribution is 0.433. The molecule has 4 heteroatoms. The number of allylic oxidation sites excluding steroid dienone is 3. The zero-order valence-electron chi connectivity index (χ0n) is 14.1. The Morgan fingerprint density at radius 1 is 1.48 bits per heavy atom. The zero-order valence-corrected chi connectivity index (χ0v) is 14.1. The summed E-state index contributed by atoms with van der Waals surface area (Å²) < 4.78 is 14.8. The summed E-state index contributed by atoms with van der Waals surface area (Å²) >= 11 is 0. The largest absolute Gasteiger partial charge is 0.398 e. The molecule has 0 bridgehead atoms. The Bertz CT molecular complexity index is 794. The lowest BCUT2D eigenvalue weighted by atomic mass is 9.79. The summed E-state index contributed by atoms with van der Waals surface area (Å²) in [7, 11) is 0. The number of benzene rings is 1. The van der Waals surface area contributed by atoms with Crippen LogP contribution in [0.2, 0.25) is 0 Å². The molecule has 1 aromatic carbocycles. The number of nitrogens with two attached hydrogens (primary N) is 1. The van der Waals surface area contributed by atoms with Crippen LogP contribution >= 0.6 is 0 Å². The van der Waals surface area contributed by atoms with Crippen LogP contribution in [0, 0.1) is 24.1 Å². The molecule has 0 radical (unpaired) electrons. The van der Waals surface area contributed by atoms with Crippen LogP contribution in [0.1, 0.15) is 50.3 Å². The van der Waals surface area contributed by atoms with E-state index in [1.165, 1.54) is 0 Å². The minimum absolute atomic E-state index is 0.171. The average molecular weight is 311 g/mol. The van der Waals surface area contributed by atoms with Crippen molar-refractivity contribution in [2.75, 3.05) is 10.6 Å². The van der Waals surface area contributed by atoms with Crippen molar-refractivity contribution in [3.63, 3.8) is 0 Å². The fraction of sp³-hybridized carbons (Fsp3) is 0.421. The van der Waals surface area contributed by atoms with Gasteiger partial charge in [0.25, 0.3) is 0 Å². The normalized spacial score (nSPS) is 20.1. The maximum atomic E-state index is 14.8. The first-order valence-electron chi connectivity index (χ1n) is 8.06. The summed E-state index contributed by atoms with van der Waals surface area (Å²) in [6, 6.07) is 2.29. The number of halogens is 1. The van der Waals surface area contributed by atoms with Gasteiger partial charge < -0.3 is 10.6 Å². The van der Waals surface area contributed by atoms with Gasteiger partial charge in [0.1, 0.15) is 11.9 Å². The standard InChI is InChI=1S/C19H22FN3/c1-5-6-13-12(9-21)10-23-18-14(7-8-19(23,3)4)16(20)11(2)17(22)15(13)18/h6,10H,5,7-8,22H2,1-4H3/b13-6-. The van der Waals surface area contributed by atoms with E-state index in [-0.39, 0.29) is 11.4 Å². The van der Waals surface area contributed by atoms with Gasteiger partial charge in [-0.25, -0.2) is 4.39 Å². The Hall–Kier alpha value is -2.28. The van der Waals surface area contributed by atoms with Gasteiger partial charge in [-0.1, -0.05) is 13.0 Å². The molecule has 0 spiro atoms. The molecule has 0 aromatic heterocycles. The van der Waals surface area contributed by atoms with Gasteiger partial charge >= 0.3 is 0 Å². The molecule has 1 aromatic rings. The second kappa shape index (κ2) is 5.13. The van der Waals surface area contributed by atoms with Crippen LogP contribution < -0.4 is 10.6 Å². The molecule has 2 aliphatic rings. The Balaban J connectivity index is 2.45. The average Bonchev–Trinajstić information content (AvgIpc) is 2.51. The lowest BCUT2D eigenvalue weighted by Gasteiger charge is -2.47. The third-order valence-corrected chi connectivity index (χ3v) is 5.02. The summed E-state index contributed by atoms with van der Waals surface area (Å²) in [5.41, 5.74) is 10.9. The number of rotatable bonds is 1. The van der Waals surface area contributed by atoms with Crippen LogP contribution in [-0.4, -0.2) is 5.54 Å². The Morgan fingerprint density at radius 2 is 2.17 bits per heavy atom. The highest BCUT2D eigenvalue weighted by Crippen LogP contribution is 2.50. The van der Waals surface area contributed by atoms with Gasteiger partial charge in [0.15, 0.2) is 0 Å². The molecular formula is C19H22FN3. The number of nitrogens with zero attached hydrogens (tertiary/aromatic N) is 2. The monoisotopic (exact) mass is 311 g/mol. The number of anilines is 2. The highest BCUT2D eigenvalue weighted by molar-refractivity contribution is 5.99. The van der Waals surface area contributed by atoms with E-state index in [9.17, 15) is 9.65 Å². The van der Waals surface area contributed by atoms with Crippen LogP contribution in [0.5, 0.6) is 0 Å². The van der Waals surface area contributed by atoms with Crippen molar-refractivity contribution in [1.29, 1.82) is 5.26 Å². The third kappa shape index (κ3) is 2.07. The molecule has 0 saturated heterocycles. The van der Waals surface area contributed by atoms with Crippen molar-refractivity contribution in [3.05, 3.63) is 40.4 Å². The van der Waals surface area contributed by atoms with Crippen molar-refractivity contribution in [3.8, 4) is 6.07 Å². The lowest BCUT2D eigenvalue weighted by Crippen LogP contribution is -2.46. The number of hydrogen-bond donors (Lipinski definition) is 1. The highest BCUT2D eigenvalue weighted by Gasteiger charge is 2.40. The molecule has 0 unspecified atom stereocenters. The van der Waals surface area contributed by atoms with Gasteiger partial charge in [-0.2, -0.15) is 5.26 Å². The first-order chi connectivity index (χ1) is 10.8. The molecule has 23 heavy (non-hydrogen) atoms. The Labute approximate surface area is 136 Å². The molecule has 2 aliphatic heterocycles. The smallest absolute Gasteiger partial charge is 0.133 e. The molecule has 0 fully saturated rings. The van der Waals surface area contributed by atoms with Crippen molar-refractivity contribution >= 4 is 16.9 Å². The minimum atomic E-state index is -0.202. The first kappa shape index (κ1) is 15.6. The van der Waals surface area contributed by atoms with Gasteiger partial charge in [-0.05, 0) is 40.0 Å². The predicted octanol–water partition coefficient (Wildman–Crippen LogP) is 4.46. The molecule has 0 amide bonds. The second-order valence-electron chi connectivity index (χ2n) is 6.92. The van der Waals surface area contributed by atoms with Gasteiger partial charge in [-0.15, -0.1) is 0 Å². The van der Waals surface area contributed by atoms with Crippen LogP contribution in [0.3, 0.4) is 0 Å². The van der Waals surface area contributed by atoms with Crippen LogP contribution in [0.4, 0.5) is 15.8 Å². The van der Waals surface area contributed by atoms with E-state index < -0.39 is 0 Å². The summed E-state index contributed by atoms with van der Waals surface area (Å²) in [5.74, 6) is -0.202. The highest BCUT2D eigenvalue weighted by atomic mass is 19.1. The summed E-state index contributed by atoms with van der Waals surface area (Å²) in [6.45, 7) is 7.98. The molecule has 0 aliphatic carbocycles. The molecular weight excluding hydrogens is 289 g/mol. The molecule has 3 rings (SSSR count). The van der Waals surface area contributed by atoms with Gasteiger partial charge in [0.05, 0.1) is 11.3 Å².